The van der Waals surface area contributed by atoms with Gasteiger partial charge in [0.2, 0.25) is 5.69 Å². The lowest BCUT2D eigenvalue weighted by molar-refractivity contribution is -0.385. The number of amides is 1. The van der Waals surface area contributed by atoms with Crippen LogP contribution in [0.1, 0.15) is 41.9 Å². The van der Waals surface area contributed by atoms with Gasteiger partial charge in [-0.25, -0.2) is 0 Å². The van der Waals surface area contributed by atoms with Crippen LogP contribution < -0.4 is 10.2 Å². The van der Waals surface area contributed by atoms with Gasteiger partial charge in [-0.3, -0.25) is 20.0 Å². The Hall–Kier alpha value is -2.90. The first-order chi connectivity index (χ1) is 12.1. The van der Waals surface area contributed by atoms with E-state index in [-0.39, 0.29) is 17.1 Å². The monoisotopic (exact) mass is 343 g/mol. The molecule has 1 aromatic heterocycles. The summed E-state index contributed by atoms with van der Waals surface area (Å²) in [6.07, 6.45) is 4.81. The number of nitrogens with one attached hydrogen (secondary N) is 2. The van der Waals surface area contributed by atoms with E-state index >= 15 is 0 Å². The molecule has 2 heterocycles. The molecule has 0 radical (unpaired) electrons. The van der Waals surface area contributed by atoms with Crippen molar-refractivity contribution in [3.63, 3.8) is 0 Å². The fourth-order valence-electron chi connectivity index (χ4n) is 3.10. The summed E-state index contributed by atoms with van der Waals surface area (Å²) < 4.78 is 0. The SMILES string of the molecule is Cc1[nH]nc(C(=O)Nc2cccc(N3CCCCCC3)c2)c1[N+](=O)[O-]. The van der Waals surface area contributed by atoms with Gasteiger partial charge in [0.25, 0.3) is 5.91 Å². The summed E-state index contributed by atoms with van der Waals surface area (Å²) in [6.45, 7) is 3.52. The first-order valence-corrected chi connectivity index (χ1v) is 8.42. The largest absolute Gasteiger partial charge is 0.371 e. The average molecular weight is 343 g/mol. The van der Waals surface area contributed by atoms with Gasteiger partial charge < -0.3 is 10.2 Å². The van der Waals surface area contributed by atoms with Gasteiger partial charge in [-0.05, 0) is 38.0 Å². The van der Waals surface area contributed by atoms with Crippen molar-refractivity contribution in [3.8, 4) is 0 Å². The molecule has 0 unspecified atom stereocenters. The number of aryl methyl sites for hydroxylation is 1. The molecule has 0 aliphatic carbocycles. The number of carbonyl (C=O) groups excluding carboxylic acids is 1. The Morgan fingerprint density at radius 2 is 2.00 bits per heavy atom. The van der Waals surface area contributed by atoms with E-state index in [1.807, 2.05) is 18.2 Å². The molecule has 0 saturated carbocycles. The quantitative estimate of drug-likeness (QED) is 0.655. The highest BCUT2D eigenvalue weighted by molar-refractivity contribution is 6.06. The zero-order chi connectivity index (χ0) is 17.8. The molecule has 25 heavy (non-hydrogen) atoms. The van der Waals surface area contributed by atoms with Gasteiger partial charge >= 0.3 is 5.69 Å². The molecule has 8 heteroatoms. The standard InChI is InChI=1S/C17H21N5O3/c1-12-16(22(24)25)15(20-19-12)17(23)18-13-7-6-8-14(11-13)21-9-4-2-3-5-10-21/h6-8,11H,2-5,9-10H2,1H3,(H,18,23)(H,19,20). The van der Waals surface area contributed by atoms with Crippen molar-refractivity contribution < 1.29 is 9.72 Å². The van der Waals surface area contributed by atoms with Crippen molar-refractivity contribution in [2.75, 3.05) is 23.3 Å². The van der Waals surface area contributed by atoms with Crippen LogP contribution in [0, 0.1) is 17.0 Å². The van der Waals surface area contributed by atoms with Crippen LogP contribution in [0.5, 0.6) is 0 Å². The first-order valence-electron chi connectivity index (χ1n) is 8.42. The van der Waals surface area contributed by atoms with Crippen molar-refractivity contribution in [2.45, 2.75) is 32.6 Å². The lowest BCUT2D eigenvalue weighted by Gasteiger charge is -2.23. The molecule has 2 aromatic rings. The van der Waals surface area contributed by atoms with Gasteiger partial charge in [0.1, 0.15) is 5.69 Å². The van der Waals surface area contributed by atoms with Crippen molar-refractivity contribution in [1.82, 2.24) is 10.2 Å². The molecule has 2 N–H and O–H groups in total. The Balaban J connectivity index is 1.78. The third-order valence-electron chi connectivity index (χ3n) is 4.39. The van der Waals surface area contributed by atoms with Crippen LogP contribution in [-0.4, -0.2) is 34.1 Å². The molecule has 1 aliphatic heterocycles. The molecular weight excluding hydrogens is 322 g/mol. The number of aromatic amines is 1. The van der Waals surface area contributed by atoms with Crippen LogP contribution in [0.15, 0.2) is 24.3 Å². The third kappa shape index (κ3) is 3.78. The number of H-pyrrole nitrogens is 1. The number of rotatable bonds is 4. The molecule has 8 nitrogen and oxygen atoms in total. The fourth-order valence-corrected chi connectivity index (χ4v) is 3.10. The second kappa shape index (κ2) is 7.33. The van der Waals surface area contributed by atoms with Crippen molar-refractivity contribution in [1.29, 1.82) is 0 Å². The summed E-state index contributed by atoms with van der Waals surface area (Å²) >= 11 is 0. The molecular formula is C17H21N5O3. The van der Waals surface area contributed by atoms with E-state index in [1.54, 1.807) is 6.07 Å². The summed E-state index contributed by atoms with van der Waals surface area (Å²) in [5.74, 6) is -0.593. The van der Waals surface area contributed by atoms with Gasteiger partial charge in [0, 0.05) is 24.5 Å². The van der Waals surface area contributed by atoms with Crippen LogP contribution in [0.25, 0.3) is 0 Å². The highest BCUT2D eigenvalue weighted by atomic mass is 16.6. The summed E-state index contributed by atoms with van der Waals surface area (Å²) in [6, 6.07) is 7.56. The molecule has 132 valence electrons. The van der Waals surface area contributed by atoms with E-state index < -0.39 is 10.8 Å². The smallest absolute Gasteiger partial charge is 0.322 e. The maximum absolute atomic E-state index is 12.4. The van der Waals surface area contributed by atoms with Gasteiger partial charge in [-0.15, -0.1) is 0 Å². The highest BCUT2D eigenvalue weighted by Crippen LogP contribution is 2.25. The normalized spacial score (nSPS) is 14.8. The predicted molar refractivity (Wildman–Crippen MR) is 95.1 cm³/mol. The highest BCUT2D eigenvalue weighted by Gasteiger charge is 2.27. The lowest BCUT2D eigenvalue weighted by Crippen LogP contribution is -2.24. The third-order valence-corrected chi connectivity index (χ3v) is 4.39. The number of aromatic nitrogens is 2. The minimum atomic E-state index is -0.596. The molecule has 1 fully saturated rings. The number of anilines is 2. The summed E-state index contributed by atoms with van der Waals surface area (Å²) in [5, 5.41) is 20.1. The average Bonchev–Trinajstić information content (AvgIpc) is 2.81. The van der Waals surface area contributed by atoms with Crippen molar-refractivity contribution >= 4 is 23.0 Å². The van der Waals surface area contributed by atoms with E-state index in [0.29, 0.717) is 5.69 Å². The molecule has 1 saturated heterocycles. The number of nitro groups is 1. The van der Waals surface area contributed by atoms with E-state index in [2.05, 4.69) is 20.4 Å². The Bertz CT molecular complexity index is 778. The van der Waals surface area contributed by atoms with E-state index in [0.717, 1.165) is 31.6 Å². The molecule has 1 aliphatic rings. The maximum Gasteiger partial charge on any atom is 0.322 e. The van der Waals surface area contributed by atoms with Crippen LogP contribution in [0.3, 0.4) is 0 Å². The zero-order valence-electron chi connectivity index (χ0n) is 14.1. The Morgan fingerprint density at radius 1 is 1.28 bits per heavy atom. The fraction of sp³-hybridized carbons (Fsp3) is 0.412. The van der Waals surface area contributed by atoms with Crippen LogP contribution in [-0.2, 0) is 0 Å². The molecule has 0 atom stereocenters. The molecule has 0 spiro atoms. The van der Waals surface area contributed by atoms with E-state index in [4.69, 9.17) is 0 Å². The van der Waals surface area contributed by atoms with E-state index in [1.165, 1.54) is 19.8 Å². The second-order valence-electron chi connectivity index (χ2n) is 6.21. The molecule has 1 aromatic carbocycles. The van der Waals surface area contributed by atoms with E-state index in [9.17, 15) is 14.9 Å². The number of hydrogen-bond acceptors (Lipinski definition) is 5. The van der Waals surface area contributed by atoms with Gasteiger partial charge in [0.15, 0.2) is 0 Å². The predicted octanol–water partition coefficient (Wildman–Crippen LogP) is 3.26. The van der Waals surface area contributed by atoms with Gasteiger partial charge in [-0.1, -0.05) is 18.9 Å². The number of nitrogens with zero attached hydrogens (tertiary/aromatic N) is 3. The first kappa shape index (κ1) is 16.9. The van der Waals surface area contributed by atoms with Crippen molar-refractivity contribution in [2.24, 2.45) is 0 Å². The molecule has 3 rings (SSSR count). The van der Waals surface area contributed by atoms with Crippen molar-refractivity contribution in [3.05, 3.63) is 45.8 Å². The van der Waals surface area contributed by atoms with Gasteiger partial charge in [0.05, 0.1) is 4.92 Å². The molecule has 0 bridgehead atoms. The second-order valence-corrected chi connectivity index (χ2v) is 6.21. The van der Waals surface area contributed by atoms with Gasteiger partial charge in [-0.2, -0.15) is 5.10 Å². The van der Waals surface area contributed by atoms with Crippen LogP contribution in [0.4, 0.5) is 17.1 Å². The Kier molecular flexibility index (Phi) is 4.97. The molecule has 1 amide bonds. The summed E-state index contributed by atoms with van der Waals surface area (Å²) in [4.78, 5) is 25.2. The topological polar surface area (TPSA) is 104 Å². The number of hydrogen-bond donors (Lipinski definition) is 2. The van der Waals surface area contributed by atoms with Crippen LogP contribution >= 0.6 is 0 Å². The minimum absolute atomic E-state index is 0.206. The summed E-state index contributed by atoms with van der Waals surface area (Å²) in [5.41, 5.74) is 1.41. The zero-order valence-corrected chi connectivity index (χ0v) is 14.1. The minimum Gasteiger partial charge on any atom is -0.371 e. The Morgan fingerprint density at radius 3 is 2.68 bits per heavy atom. The summed E-state index contributed by atoms with van der Waals surface area (Å²) in [7, 11) is 0. The van der Waals surface area contributed by atoms with Crippen LogP contribution in [0.2, 0.25) is 0 Å². The Labute approximate surface area is 145 Å². The number of carbonyl (C=O) groups is 1. The maximum atomic E-state index is 12.4. The number of benzene rings is 1. The lowest BCUT2D eigenvalue weighted by atomic mass is 10.2.